The molecule has 1 aromatic carbocycles. The van der Waals surface area contributed by atoms with Gasteiger partial charge in [-0.15, -0.1) is 0 Å². The molecule has 90 valence electrons. The maximum absolute atomic E-state index is 5.74. The van der Waals surface area contributed by atoms with Gasteiger partial charge in [0.25, 0.3) is 0 Å². The van der Waals surface area contributed by atoms with Crippen molar-refractivity contribution in [3.8, 4) is 0 Å². The van der Waals surface area contributed by atoms with Gasteiger partial charge in [-0.2, -0.15) is 0 Å². The van der Waals surface area contributed by atoms with Gasteiger partial charge in [-0.1, -0.05) is 30.3 Å². The van der Waals surface area contributed by atoms with Gasteiger partial charge < -0.3 is 9.47 Å². The lowest BCUT2D eigenvalue weighted by Gasteiger charge is -2.23. The molecule has 1 aromatic rings. The third kappa shape index (κ3) is 5.29. The topological polar surface area (TPSA) is 18.5 Å². The van der Waals surface area contributed by atoms with Gasteiger partial charge in [-0.25, -0.2) is 0 Å². The average molecular weight is 222 g/mol. The molecule has 16 heavy (non-hydrogen) atoms. The van der Waals surface area contributed by atoms with Crippen molar-refractivity contribution in [3.63, 3.8) is 0 Å². The highest BCUT2D eigenvalue weighted by atomic mass is 16.7. The molecule has 0 aromatic heterocycles. The van der Waals surface area contributed by atoms with Crippen LogP contribution in [0.1, 0.15) is 33.3 Å². The van der Waals surface area contributed by atoms with Crippen LogP contribution in [0.4, 0.5) is 0 Å². The zero-order valence-corrected chi connectivity index (χ0v) is 10.6. The van der Waals surface area contributed by atoms with E-state index >= 15 is 0 Å². The summed E-state index contributed by atoms with van der Waals surface area (Å²) in [6.07, 6.45) is 1.03. The Balaban J connectivity index is 2.56. The van der Waals surface area contributed by atoms with E-state index in [9.17, 15) is 0 Å². The van der Waals surface area contributed by atoms with E-state index in [0.717, 1.165) is 6.42 Å². The second kappa shape index (κ2) is 6.66. The summed E-state index contributed by atoms with van der Waals surface area (Å²) < 4.78 is 11.5. The largest absolute Gasteiger partial charge is 0.350 e. The summed E-state index contributed by atoms with van der Waals surface area (Å²) in [5, 5.41) is 0. The molecule has 0 saturated carbocycles. The normalized spacial score (nSPS) is 11.7. The highest BCUT2D eigenvalue weighted by molar-refractivity contribution is 5.15. The molecule has 0 heterocycles. The van der Waals surface area contributed by atoms with Crippen LogP contribution in [-0.2, 0) is 15.9 Å². The summed E-state index contributed by atoms with van der Waals surface area (Å²) in [5.74, 6) is 0. The van der Waals surface area contributed by atoms with Gasteiger partial charge in [0.2, 0.25) is 0 Å². The fourth-order valence-electron chi connectivity index (χ4n) is 1.54. The Hall–Kier alpha value is -0.860. The minimum atomic E-state index is -0.151. The predicted molar refractivity (Wildman–Crippen MR) is 66.4 cm³/mol. The van der Waals surface area contributed by atoms with Gasteiger partial charge >= 0.3 is 0 Å². The van der Waals surface area contributed by atoms with Crippen LogP contribution in [0.2, 0.25) is 0 Å². The Labute approximate surface area is 98.6 Å². The van der Waals surface area contributed by atoms with Crippen molar-refractivity contribution in [2.24, 2.45) is 0 Å². The monoisotopic (exact) mass is 222 g/mol. The number of rotatable bonds is 6. The van der Waals surface area contributed by atoms with Crippen LogP contribution in [0.25, 0.3) is 0 Å². The van der Waals surface area contributed by atoms with Crippen molar-refractivity contribution >= 4 is 0 Å². The molecule has 2 heteroatoms. The molecule has 0 saturated heterocycles. The van der Waals surface area contributed by atoms with Crippen LogP contribution in [-0.4, -0.2) is 18.5 Å². The fraction of sp³-hybridized carbons (Fsp3) is 0.571. The summed E-state index contributed by atoms with van der Waals surface area (Å²) in [6, 6.07) is 10.3. The molecule has 2 nitrogen and oxygen atoms in total. The van der Waals surface area contributed by atoms with E-state index in [2.05, 4.69) is 12.1 Å². The molecule has 0 aliphatic rings. The Bertz CT molecular complexity index is 270. The summed E-state index contributed by atoms with van der Waals surface area (Å²) >= 11 is 0. The molecule has 1 rings (SSSR count). The first-order valence-electron chi connectivity index (χ1n) is 5.92. The molecule has 0 radical (unpaired) electrons. The Morgan fingerprint density at radius 2 is 1.38 bits per heavy atom. The summed E-state index contributed by atoms with van der Waals surface area (Å²) in [7, 11) is 0. The first-order valence-corrected chi connectivity index (χ1v) is 5.92. The molecule has 0 aliphatic carbocycles. The molecule has 0 N–H and O–H groups in total. The summed E-state index contributed by atoms with van der Waals surface area (Å²) in [5.41, 5.74) is 1.24. The maximum Gasteiger partial charge on any atom is 0.162 e. The van der Waals surface area contributed by atoms with Crippen molar-refractivity contribution in [2.45, 2.75) is 52.6 Å². The van der Waals surface area contributed by atoms with E-state index < -0.39 is 0 Å². The molecular formula is C14H22O2. The van der Waals surface area contributed by atoms with E-state index in [4.69, 9.17) is 9.47 Å². The Morgan fingerprint density at radius 1 is 0.875 bits per heavy atom. The molecule has 0 unspecified atom stereocenters. The van der Waals surface area contributed by atoms with Gasteiger partial charge in [0, 0.05) is 6.42 Å². The lowest BCUT2D eigenvalue weighted by molar-refractivity contribution is -0.179. The van der Waals surface area contributed by atoms with Crippen LogP contribution in [0.15, 0.2) is 30.3 Å². The predicted octanol–water partition coefficient (Wildman–Crippen LogP) is 3.41. The van der Waals surface area contributed by atoms with Crippen LogP contribution in [0, 0.1) is 0 Å². The van der Waals surface area contributed by atoms with Crippen molar-refractivity contribution < 1.29 is 9.47 Å². The molecule has 0 spiro atoms. The quantitative estimate of drug-likeness (QED) is 0.687. The highest BCUT2D eigenvalue weighted by Crippen LogP contribution is 2.11. The SMILES string of the molecule is CC(C)OC(Cc1ccccc1)OC(C)C. The van der Waals surface area contributed by atoms with Gasteiger partial charge in [0.15, 0.2) is 6.29 Å². The maximum atomic E-state index is 5.74. The Kier molecular flexibility index (Phi) is 5.50. The molecule has 0 atom stereocenters. The number of benzene rings is 1. The summed E-state index contributed by atoms with van der Waals surface area (Å²) in [6.45, 7) is 8.12. The third-order valence-corrected chi connectivity index (χ3v) is 2.09. The fourth-order valence-corrected chi connectivity index (χ4v) is 1.54. The lowest BCUT2D eigenvalue weighted by atomic mass is 10.1. The summed E-state index contributed by atoms with van der Waals surface area (Å²) in [4.78, 5) is 0. The van der Waals surface area contributed by atoms with E-state index in [1.165, 1.54) is 5.56 Å². The molecule has 0 amide bonds. The van der Waals surface area contributed by atoms with E-state index in [1.807, 2.05) is 45.9 Å². The van der Waals surface area contributed by atoms with Crippen LogP contribution < -0.4 is 0 Å². The van der Waals surface area contributed by atoms with Crippen molar-refractivity contribution in [1.82, 2.24) is 0 Å². The van der Waals surface area contributed by atoms with Crippen LogP contribution >= 0.6 is 0 Å². The van der Waals surface area contributed by atoms with Crippen molar-refractivity contribution in [3.05, 3.63) is 35.9 Å². The van der Waals surface area contributed by atoms with Crippen LogP contribution in [0.5, 0.6) is 0 Å². The minimum Gasteiger partial charge on any atom is -0.350 e. The number of ether oxygens (including phenoxy) is 2. The number of hydrogen-bond donors (Lipinski definition) is 0. The zero-order valence-electron chi connectivity index (χ0n) is 10.6. The second-order valence-corrected chi connectivity index (χ2v) is 4.49. The first-order chi connectivity index (χ1) is 7.58. The van der Waals surface area contributed by atoms with Crippen LogP contribution in [0.3, 0.4) is 0 Å². The van der Waals surface area contributed by atoms with E-state index in [1.54, 1.807) is 0 Å². The standard InChI is InChI=1S/C14H22O2/c1-11(2)15-14(16-12(3)4)10-13-8-6-5-7-9-13/h5-9,11-12,14H,10H2,1-4H3. The molecular weight excluding hydrogens is 200 g/mol. The van der Waals surface area contributed by atoms with Gasteiger partial charge in [-0.3, -0.25) is 0 Å². The third-order valence-electron chi connectivity index (χ3n) is 2.09. The lowest BCUT2D eigenvalue weighted by Crippen LogP contribution is -2.26. The van der Waals surface area contributed by atoms with Gasteiger partial charge in [0.1, 0.15) is 0 Å². The smallest absolute Gasteiger partial charge is 0.162 e. The molecule has 0 aliphatic heterocycles. The Morgan fingerprint density at radius 3 is 1.81 bits per heavy atom. The first kappa shape index (κ1) is 13.2. The number of hydrogen-bond acceptors (Lipinski definition) is 2. The van der Waals surface area contributed by atoms with Gasteiger partial charge in [-0.05, 0) is 33.3 Å². The van der Waals surface area contributed by atoms with E-state index in [0.29, 0.717) is 0 Å². The van der Waals surface area contributed by atoms with Crippen molar-refractivity contribution in [2.75, 3.05) is 0 Å². The molecule has 0 bridgehead atoms. The average Bonchev–Trinajstić information content (AvgIpc) is 2.16. The highest BCUT2D eigenvalue weighted by Gasteiger charge is 2.13. The zero-order chi connectivity index (χ0) is 12.0. The second-order valence-electron chi connectivity index (χ2n) is 4.49. The molecule has 0 fully saturated rings. The minimum absolute atomic E-state index is 0.151. The van der Waals surface area contributed by atoms with Gasteiger partial charge in [0.05, 0.1) is 12.2 Å². The van der Waals surface area contributed by atoms with E-state index in [-0.39, 0.29) is 18.5 Å². The van der Waals surface area contributed by atoms with Crippen molar-refractivity contribution in [1.29, 1.82) is 0 Å².